The van der Waals surface area contributed by atoms with Gasteiger partial charge in [0.15, 0.2) is 5.78 Å². The number of methoxy groups -OCH3 is 1. The number of carbonyl (C=O) groups is 3. The molecule has 0 saturated carbocycles. The maximum atomic E-state index is 13.7. The summed E-state index contributed by atoms with van der Waals surface area (Å²) in [6.07, 6.45) is 0.380. The van der Waals surface area contributed by atoms with E-state index < -0.39 is 23.8 Å². The number of benzene rings is 1. The molecule has 1 N–H and O–H groups in total. The van der Waals surface area contributed by atoms with E-state index in [1.807, 2.05) is 45.0 Å². The van der Waals surface area contributed by atoms with Gasteiger partial charge in [-0.3, -0.25) is 9.59 Å². The summed E-state index contributed by atoms with van der Waals surface area (Å²) in [5.74, 6) is -2.71. The fourth-order valence-electron chi connectivity index (χ4n) is 4.55. The van der Waals surface area contributed by atoms with Gasteiger partial charge in [0, 0.05) is 22.5 Å². The second kappa shape index (κ2) is 9.59. The van der Waals surface area contributed by atoms with Gasteiger partial charge in [-0.25, -0.2) is 4.79 Å². The van der Waals surface area contributed by atoms with Gasteiger partial charge in [-0.15, -0.1) is 0 Å². The fourth-order valence-corrected chi connectivity index (χ4v) is 4.55. The molecule has 0 spiro atoms. The number of ether oxygens (including phenoxy) is 3. The van der Waals surface area contributed by atoms with Crippen molar-refractivity contribution in [1.82, 2.24) is 5.32 Å². The highest BCUT2D eigenvalue weighted by Crippen LogP contribution is 2.47. The number of hydrogen-bond donors (Lipinski definition) is 1. The summed E-state index contributed by atoms with van der Waals surface area (Å²) in [5.41, 5.74) is 2.77. The predicted molar refractivity (Wildman–Crippen MR) is 119 cm³/mol. The van der Waals surface area contributed by atoms with Crippen LogP contribution in [0.5, 0.6) is 5.75 Å². The molecule has 7 nitrogen and oxygen atoms in total. The average molecular weight is 442 g/mol. The van der Waals surface area contributed by atoms with Gasteiger partial charge in [0.25, 0.3) is 0 Å². The zero-order valence-electron chi connectivity index (χ0n) is 19.5. The fraction of sp³-hybridized carbons (Fsp3) is 0.480. The van der Waals surface area contributed by atoms with Gasteiger partial charge in [-0.2, -0.15) is 0 Å². The normalized spacial score (nSPS) is 23.0. The van der Waals surface area contributed by atoms with E-state index in [0.717, 1.165) is 5.70 Å². The Balaban J connectivity index is 2.24. The molecule has 1 aliphatic carbocycles. The molecule has 0 bridgehead atoms. The summed E-state index contributed by atoms with van der Waals surface area (Å²) in [7, 11) is 1.28. The Bertz CT molecular complexity index is 990. The molecule has 0 fully saturated rings. The second-order valence-corrected chi connectivity index (χ2v) is 8.46. The summed E-state index contributed by atoms with van der Waals surface area (Å²) in [6.45, 7) is 9.43. The monoisotopic (exact) mass is 441 g/mol. The number of esters is 2. The Labute approximate surface area is 188 Å². The lowest BCUT2D eigenvalue weighted by Gasteiger charge is -2.38. The van der Waals surface area contributed by atoms with Crippen LogP contribution in [-0.2, 0) is 23.9 Å². The van der Waals surface area contributed by atoms with E-state index in [9.17, 15) is 14.4 Å². The van der Waals surface area contributed by atoms with Crippen molar-refractivity contribution in [3.63, 3.8) is 0 Å². The number of ketones is 1. The van der Waals surface area contributed by atoms with Gasteiger partial charge in [-0.1, -0.05) is 25.1 Å². The summed E-state index contributed by atoms with van der Waals surface area (Å²) < 4.78 is 16.3. The van der Waals surface area contributed by atoms with E-state index in [4.69, 9.17) is 14.2 Å². The molecular weight excluding hydrogens is 410 g/mol. The summed E-state index contributed by atoms with van der Waals surface area (Å²) in [5, 5.41) is 3.25. The number of dihydropyridines is 1. The maximum absolute atomic E-state index is 13.7. The van der Waals surface area contributed by atoms with E-state index in [-0.39, 0.29) is 24.4 Å². The lowest BCUT2D eigenvalue weighted by atomic mass is 9.69. The van der Waals surface area contributed by atoms with Crippen LogP contribution in [0.25, 0.3) is 0 Å². The Morgan fingerprint density at radius 3 is 2.53 bits per heavy atom. The molecule has 2 aliphatic rings. The molecule has 0 radical (unpaired) electrons. The van der Waals surface area contributed by atoms with Crippen molar-refractivity contribution in [2.75, 3.05) is 13.7 Å². The van der Waals surface area contributed by atoms with Crippen LogP contribution >= 0.6 is 0 Å². The minimum absolute atomic E-state index is 0.104. The number of carbonyl (C=O) groups excluding carboxylic acids is 3. The summed E-state index contributed by atoms with van der Waals surface area (Å²) >= 11 is 0. The van der Waals surface area contributed by atoms with Gasteiger partial charge >= 0.3 is 11.9 Å². The van der Waals surface area contributed by atoms with Crippen molar-refractivity contribution in [3.05, 3.63) is 52.4 Å². The van der Waals surface area contributed by atoms with Crippen LogP contribution in [0.15, 0.2) is 46.8 Å². The third-order valence-electron chi connectivity index (χ3n) is 5.83. The second-order valence-electron chi connectivity index (χ2n) is 8.46. The number of hydrogen-bond acceptors (Lipinski definition) is 7. The van der Waals surface area contributed by atoms with E-state index in [1.54, 1.807) is 13.8 Å². The van der Waals surface area contributed by atoms with E-state index in [2.05, 4.69) is 5.32 Å². The van der Waals surface area contributed by atoms with E-state index >= 15 is 0 Å². The Kier molecular flexibility index (Phi) is 7.06. The summed E-state index contributed by atoms with van der Waals surface area (Å²) in [4.78, 5) is 39.2. The Hall–Kier alpha value is -3.09. The van der Waals surface area contributed by atoms with Crippen molar-refractivity contribution in [3.8, 4) is 5.75 Å². The maximum Gasteiger partial charge on any atom is 0.336 e. The SMILES string of the molecule is CCOC(=O)C1=C(C)NC2=C(C(=O)[C@@H](C(=O)OC)[C@@H](C)C2)[C@H]1c1ccccc1OC(C)C. The lowest BCUT2D eigenvalue weighted by molar-refractivity contribution is -0.151. The molecule has 0 amide bonds. The molecule has 0 aromatic heterocycles. The Morgan fingerprint density at radius 1 is 1.22 bits per heavy atom. The van der Waals surface area contributed by atoms with Crippen molar-refractivity contribution in [1.29, 1.82) is 0 Å². The van der Waals surface area contributed by atoms with Gasteiger partial charge < -0.3 is 19.5 Å². The van der Waals surface area contributed by atoms with Crippen LogP contribution in [0, 0.1) is 11.8 Å². The predicted octanol–water partition coefficient (Wildman–Crippen LogP) is 3.65. The van der Waals surface area contributed by atoms with Crippen molar-refractivity contribution >= 4 is 17.7 Å². The van der Waals surface area contributed by atoms with Crippen molar-refractivity contribution in [2.24, 2.45) is 11.8 Å². The molecule has 1 heterocycles. The zero-order chi connectivity index (χ0) is 23.6. The first kappa shape index (κ1) is 23.6. The highest BCUT2D eigenvalue weighted by atomic mass is 16.5. The lowest BCUT2D eigenvalue weighted by Crippen LogP contribution is -2.43. The molecule has 0 saturated heterocycles. The first-order valence-corrected chi connectivity index (χ1v) is 11.0. The van der Waals surface area contributed by atoms with Gasteiger partial charge in [0.2, 0.25) is 0 Å². The average Bonchev–Trinajstić information content (AvgIpc) is 2.72. The highest BCUT2D eigenvalue weighted by molar-refractivity contribution is 6.12. The zero-order valence-corrected chi connectivity index (χ0v) is 19.5. The highest BCUT2D eigenvalue weighted by Gasteiger charge is 2.47. The van der Waals surface area contributed by atoms with Gasteiger partial charge in [0.05, 0.1) is 31.3 Å². The van der Waals surface area contributed by atoms with Gasteiger partial charge in [-0.05, 0) is 46.1 Å². The van der Waals surface area contributed by atoms with Crippen molar-refractivity contribution in [2.45, 2.75) is 53.1 Å². The van der Waals surface area contributed by atoms with Crippen molar-refractivity contribution < 1.29 is 28.6 Å². The molecule has 1 aromatic carbocycles. The molecule has 1 aromatic rings. The molecule has 0 unspecified atom stereocenters. The molecule has 3 atom stereocenters. The summed E-state index contributed by atoms with van der Waals surface area (Å²) in [6, 6.07) is 7.36. The van der Waals surface area contributed by atoms with Crippen LogP contribution in [0.2, 0.25) is 0 Å². The Morgan fingerprint density at radius 2 is 1.91 bits per heavy atom. The molecule has 3 rings (SSSR count). The quantitative estimate of drug-likeness (QED) is 0.532. The topological polar surface area (TPSA) is 90.9 Å². The smallest absolute Gasteiger partial charge is 0.336 e. The minimum Gasteiger partial charge on any atom is -0.491 e. The molecular formula is C25H31NO6. The number of allylic oxidation sites excluding steroid dienone is 3. The molecule has 172 valence electrons. The largest absolute Gasteiger partial charge is 0.491 e. The third-order valence-corrected chi connectivity index (χ3v) is 5.83. The van der Waals surface area contributed by atoms with Crippen LogP contribution in [0.4, 0.5) is 0 Å². The van der Waals surface area contributed by atoms with Gasteiger partial charge in [0.1, 0.15) is 11.7 Å². The number of Topliss-reactive ketones (excluding diaryl/α,β-unsaturated/α-hetero) is 1. The van der Waals surface area contributed by atoms with E-state index in [0.29, 0.717) is 34.6 Å². The number of rotatable bonds is 6. The minimum atomic E-state index is -0.928. The van der Waals surface area contributed by atoms with Crippen LogP contribution < -0.4 is 10.1 Å². The molecule has 1 aliphatic heterocycles. The third kappa shape index (κ3) is 4.29. The first-order chi connectivity index (χ1) is 15.2. The van der Waals surface area contributed by atoms with E-state index in [1.165, 1.54) is 7.11 Å². The molecule has 7 heteroatoms. The standard InChI is InChI=1S/C25H31NO6/c1-7-31-25(29)20-15(5)26-17-12-14(4)19(24(28)30-6)23(27)22(17)21(20)16-10-8-9-11-18(16)32-13(2)3/h8-11,13-14,19,21,26H,7,12H2,1-6H3/t14-,19-,21-/m0/s1. The number of nitrogens with one attached hydrogen (secondary N) is 1. The number of para-hydroxylation sites is 1. The van der Waals surface area contributed by atoms with Crippen LogP contribution in [0.3, 0.4) is 0 Å². The van der Waals surface area contributed by atoms with Crippen LogP contribution in [-0.4, -0.2) is 37.5 Å². The first-order valence-electron chi connectivity index (χ1n) is 11.0. The van der Waals surface area contributed by atoms with Crippen LogP contribution in [0.1, 0.15) is 52.5 Å². The molecule has 32 heavy (non-hydrogen) atoms.